The Hall–Kier alpha value is -0.610. The van der Waals surface area contributed by atoms with E-state index in [1.165, 1.54) is 0 Å². The van der Waals surface area contributed by atoms with E-state index in [0.717, 1.165) is 45.1 Å². The summed E-state index contributed by atoms with van der Waals surface area (Å²) in [5, 5.41) is 9.15. The second-order valence-corrected chi connectivity index (χ2v) is 4.90. The predicted octanol–water partition coefficient (Wildman–Crippen LogP) is 1.49. The normalized spacial score (nSPS) is 36.4. The van der Waals surface area contributed by atoms with Crippen LogP contribution in [0.3, 0.4) is 0 Å². The smallest absolute Gasteiger partial charge is 0.320 e. The van der Waals surface area contributed by atoms with Crippen molar-refractivity contribution in [3.05, 3.63) is 0 Å². The summed E-state index contributed by atoms with van der Waals surface area (Å²) in [6.45, 7) is 0.958. The average molecular weight is 227 g/mol. The van der Waals surface area contributed by atoms with Gasteiger partial charge in [0, 0.05) is 13.2 Å². The van der Waals surface area contributed by atoms with Crippen LogP contribution < -0.4 is 0 Å². The quantitative estimate of drug-likeness (QED) is 0.793. The number of rotatable bonds is 3. The van der Waals surface area contributed by atoms with Crippen molar-refractivity contribution in [1.82, 2.24) is 4.90 Å². The third kappa shape index (κ3) is 2.38. The van der Waals surface area contributed by atoms with Crippen LogP contribution in [0.4, 0.5) is 0 Å². The highest BCUT2D eigenvalue weighted by molar-refractivity contribution is 5.73. The Morgan fingerprint density at radius 1 is 1.25 bits per heavy atom. The summed E-state index contributed by atoms with van der Waals surface area (Å²) >= 11 is 0. The second kappa shape index (κ2) is 5.15. The van der Waals surface area contributed by atoms with Crippen molar-refractivity contribution in [3.63, 3.8) is 0 Å². The van der Waals surface area contributed by atoms with Crippen molar-refractivity contribution in [2.24, 2.45) is 0 Å². The molecule has 4 heteroatoms. The summed E-state index contributed by atoms with van der Waals surface area (Å²) in [6, 6.07) is 0.235. The molecule has 0 amide bonds. The number of carboxylic acid groups (broad SMARTS) is 1. The molecule has 1 unspecified atom stereocenters. The number of ether oxygens (including phenoxy) is 1. The summed E-state index contributed by atoms with van der Waals surface area (Å²) in [6.07, 6.45) is 6.56. The molecular formula is C12H21NO3. The van der Waals surface area contributed by atoms with Gasteiger partial charge in [-0.05, 0) is 45.1 Å². The van der Waals surface area contributed by atoms with Crippen LogP contribution in [0, 0.1) is 0 Å². The maximum Gasteiger partial charge on any atom is 0.320 e. The first-order valence-electron chi connectivity index (χ1n) is 6.23. The molecule has 2 aliphatic rings. The average Bonchev–Trinajstić information content (AvgIpc) is 2.78. The van der Waals surface area contributed by atoms with E-state index >= 15 is 0 Å². The summed E-state index contributed by atoms with van der Waals surface area (Å²) in [4.78, 5) is 13.3. The van der Waals surface area contributed by atoms with Crippen LogP contribution in [0.5, 0.6) is 0 Å². The lowest BCUT2D eigenvalue weighted by molar-refractivity contribution is -0.143. The van der Waals surface area contributed by atoms with Gasteiger partial charge in [-0.2, -0.15) is 0 Å². The molecule has 0 spiro atoms. The molecule has 0 aromatic heterocycles. The van der Waals surface area contributed by atoms with E-state index < -0.39 is 5.97 Å². The van der Waals surface area contributed by atoms with Crippen LogP contribution in [0.2, 0.25) is 0 Å². The minimum absolute atomic E-state index is 0.232. The first-order chi connectivity index (χ1) is 7.72. The fourth-order valence-electron chi connectivity index (χ4n) is 3.10. The maximum absolute atomic E-state index is 11.1. The highest BCUT2D eigenvalue weighted by Crippen LogP contribution is 2.30. The van der Waals surface area contributed by atoms with Gasteiger partial charge in [-0.3, -0.25) is 9.69 Å². The number of nitrogens with zero attached hydrogens (tertiary/aromatic N) is 1. The first kappa shape index (κ1) is 11.9. The van der Waals surface area contributed by atoms with Crippen molar-refractivity contribution in [1.29, 1.82) is 0 Å². The van der Waals surface area contributed by atoms with Crippen LogP contribution in [-0.4, -0.2) is 47.8 Å². The van der Waals surface area contributed by atoms with E-state index in [0.29, 0.717) is 12.1 Å². The van der Waals surface area contributed by atoms with Crippen molar-refractivity contribution >= 4 is 5.97 Å². The van der Waals surface area contributed by atoms with Crippen LogP contribution in [0.1, 0.15) is 38.5 Å². The first-order valence-corrected chi connectivity index (χ1v) is 6.23. The van der Waals surface area contributed by atoms with E-state index in [1.807, 2.05) is 0 Å². The fraction of sp³-hybridized carbons (Fsp3) is 0.917. The van der Waals surface area contributed by atoms with E-state index in [9.17, 15) is 4.79 Å². The molecule has 4 nitrogen and oxygen atoms in total. The van der Waals surface area contributed by atoms with Crippen molar-refractivity contribution in [3.8, 4) is 0 Å². The number of carbonyl (C=O) groups is 1. The second-order valence-electron chi connectivity index (χ2n) is 4.90. The molecule has 1 saturated carbocycles. The van der Waals surface area contributed by atoms with Crippen LogP contribution in [-0.2, 0) is 9.53 Å². The highest BCUT2D eigenvalue weighted by atomic mass is 16.5. The lowest BCUT2D eigenvalue weighted by Crippen LogP contribution is -2.45. The molecule has 1 saturated heterocycles. The minimum Gasteiger partial charge on any atom is -0.480 e. The molecule has 2 rings (SSSR count). The lowest BCUT2D eigenvalue weighted by Gasteiger charge is -2.36. The molecule has 16 heavy (non-hydrogen) atoms. The lowest BCUT2D eigenvalue weighted by atomic mass is 9.91. The summed E-state index contributed by atoms with van der Waals surface area (Å²) < 4.78 is 5.34. The molecule has 1 atom stereocenters. The topological polar surface area (TPSA) is 49.8 Å². The van der Waals surface area contributed by atoms with Gasteiger partial charge in [0.15, 0.2) is 0 Å². The molecule has 2 fully saturated rings. The van der Waals surface area contributed by atoms with Crippen molar-refractivity contribution in [2.75, 3.05) is 13.7 Å². The van der Waals surface area contributed by atoms with Gasteiger partial charge in [0.1, 0.15) is 6.04 Å². The molecule has 1 N–H and O–H groups in total. The van der Waals surface area contributed by atoms with Gasteiger partial charge in [0.25, 0.3) is 0 Å². The van der Waals surface area contributed by atoms with E-state index in [-0.39, 0.29) is 6.04 Å². The van der Waals surface area contributed by atoms with Gasteiger partial charge in [0.2, 0.25) is 0 Å². The summed E-state index contributed by atoms with van der Waals surface area (Å²) in [7, 11) is 1.76. The number of methoxy groups -OCH3 is 1. The van der Waals surface area contributed by atoms with Crippen LogP contribution in [0.25, 0.3) is 0 Å². The third-order valence-corrected chi connectivity index (χ3v) is 4.03. The third-order valence-electron chi connectivity index (χ3n) is 4.03. The molecule has 92 valence electrons. The monoisotopic (exact) mass is 227 g/mol. The number of hydrogen-bond acceptors (Lipinski definition) is 3. The van der Waals surface area contributed by atoms with E-state index in [2.05, 4.69) is 4.90 Å². The zero-order chi connectivity index (χ0) is 11.5. The van der Waals surface area contributed by atoms with Gasteiger partial charge in [-0.25, -0.2) is 0 Å². The van der Waals surface area contributed by atoms with E-state index in [1.54, 1.807) is 7.11 Å². The van der Waals surface area contributed by atoms with Gasteiger partial charge in [-0.15, -0.1) is 0 Å². The molecule has 0 aromatic rings. The number of aliphatic carboxylic acids is 1. The summed E-state index contributed by atoms with van der Waals surface area (Å²) in [5.74, 6) is -0.647. The van der Waals surface area contributed by atoms with Crippen LogP contribution >= 0.6 is 0 Å². The van der Waals surface area contributed by atoms with Gasteiger partial charge in [0.05, 0.1) is 6.10 Å². The van der Waals surface area contributed by atoms with Gasteiger partial charge in [-0.1, -0.05) is 0 Å². The largest absolute Gasteiger partial charge is 0.480 e. The number of hydrogen-bond donors (Lipinski definition) is 1. The molecular weight excluding hydrogens is 206 g/mol. The fourth-order valence-corrected chi connectivity index (χ4v) is 3.10. The highest BCUT2D eigenvalue weighted by Gasteiger charge is 2.36. The molecule has 0 bridgehead atoms. The molecule has 0 aromatic carbocycles. The van der Waals surface area contributed by atoms with Crippen LogP contribution in [0.15, 0.2) is 0 Å². The molecule has 1 heterocycles. The van der Waals surface area contributed by atoms with Crippen molar-refractivity contribution < 1.29 is 14.6 Å². The Morgan fingerprint density at radius 2 is 1.94 bits per heavy atom. The maximum atomic E-state index is 11.1. The zero-order valence-corrected chi connectivity index (χ0v) is 9.89. The van der Waals surface area contributed by atoms with Crippen molar-refractivity contribution in [2.45, 2.75) is 56.7 Å². The van der Waals surface area contributed by atoms with Gasteiger partial charge < -0.3 is 9.84 Å². The standard InChI is InChI=1S/C12H21NO3/c1-16-10-6-4-9(5-7-10)13-8-2-3-11(13)12(14)15/h9-11H,2-8H2,1H3,(H,14,15). The van der Waals surface area contributed by atoms with E-state index in [4.69, 9.17) is 9.84 Å². The number of carboxylic acids is 1. The van der Waals surface area contributed by atoms with Gasteiger partial charge >= 0.3 is 5.97 Å². The minimum atomic E-state index is -0.647. The summed E-state index contributed by atoms with van der Waals surface area (Å²) in [5.41, 5.74) is 0. The Bertz CT molecular complexity index is 249. The Morgan fingerprint density at radius 3 is 2.50 bits per heavy atom. The molecule has 0 radical (unpaired) electrons. The zero-order valence-electron chi connectivity index (χ0n) is 9.89. The number of likely N-dealkylation sites (tertiary alicyclic amines) is 1. The SMILES string of the molecule is COC1CCC(N2CCCC2C(=O)O)CC1. The Kier molecular flexibility index (Phi) is 3.82. The predicted molar refractivity (Wildman–Crippen MR) is 60.4 cm³/mol. The Balaban J connectivity index is 1.90. The molecule has 1 aliphatic carbocycles. The molecule has 1 aliphatic heterocycles. The Labute approximate surface area is 96.6 Å².